The number of thiocarbonyl (C=S) groups is 1. The molecule has 0 fully saturated rings. The van der Waals surface area contributed by atoms with Crippen LogP contribution in [-0.2, 0) is 6.54 Å². The van der Waals surface area contributed by atoms with Gasteiger partial charge in [-0.05, 0) is 24.7 Å². The molecule has 0 radical (unpaired) electrons. The van der Waals surface area contributed by atoms with Crippen molar-refractivity contribution in [1.29, 1.82) is 0 Å². The summed E-state index contributed by atoms with van der Waals surface area (Å²) in [6, 6.07) is 7.67. The molecule has 0 aliphatic heterocycles. The monoisotopic (exact) mass is 276 g/mol. The van der Waals surface area contributed by atoms with Gasteiger partial charge in [0.25, 0.3) is 0 Å². The Morgan fingerprint density at radius 3 is 2.84 bits per heavy atom. The number of hydrogen-bond acceptors (Lipinski definition) is 3. The predicted molar refractivity (Wildman–Crippen MR) is 79.8 cm³/mol. The number of aromatic nitrogens is 1. The number of nitrogens with zero attached hydrogens (tertiary/aromatic N) is 3. The summed E-state index contributed by atoms with van der Waals surface area (Å²) in [6.07, 6.45) is 2.04. The van der Waals surface area contributed by atoms with E-state index >= 15 is 0 Å². The van der Waals surface area contributed by atoms with Gasteiger partial charge in [-0.25, -0.2) is 0 Å². The number of rotatable bonds is 4. The Kier molecular flexibility index (Phi) is 4.11. The summed E-state index contributed by atoms with van der Waals surface area (Å²) in [5, 5.41) is 18.7. The molecule has 19 heavy (non-hydrogen) atoms. The molecule has 0 saturated heterocycles. The molecule has 1 heterocycles. The molecular weight excluding hydrogens is 260 g/mol. The molecule has 0 bridgehead atoms. The molecular formula is C13H16N4OS. The van der Waals surface area contributed by atoms with Crippen LogP contribution in [0.15, 0.2) is 34.5 Å². The molecule has 2 aromatic rings. The topological polar surface area (TPSA) is 75.9 Å². The zero-order chi connectivity index (χ0) is 13.8. The van der Waals surface area contributed by atoms with Gasteiger partial charge in [0.15, 0.2) is 5.69 Å². The van der Waals surface area contributed by atoms with Crippen LogP contribution in [0, 0.1) is 0 Å². The zero-order valence-electron chi connectivity index (χ0n) is 10.7. The predicted octanol–water partition coefficient (Wildman–Crippen LogP) is 3.47. The number of aromatic hydroxyl groups is 1. The molecule has 0 amide bonds. The third-order valence-electron chi connectivity index (χ3n) is 2.90. The third kappa shape index (κ3) is 2.73. The Morgan fingerprint density at radius 1 is 1.42 bits per heavy atom. The fraction of sp³-hybridized carbons (Fsp3) is 0.308. The summed E-state index contributed by atoms with van der Waals surface area (Å²) in [4.78, 5) is 0. The summed E-state index contributed by atoms with van der Waals surface area (Å²) in [6.45, 7) is 2.85. The van der Waals surface area contributed by atoms with Crippen LogP contribution in [0.5, 0.6) is 5.88 Å². The number of unbranched alkanes of at least 4 members (excludes halogenated alkanes) is 1. The van der Waals surface area contributed by atoms with Gasteiger partial charge in [-0.1, -0.05) is 31.5 Å². The van der Waals surface area contributed by atoms with E-state index in [1.807, 2.05) is 28.8 Å². The Bertz CT molecular complexity index is 633. The summed E-state index contributed by atoms with van der Waals surface area (Å²) in [7, 11) is 0. The normalized spacial score (nSPS) is 11.4. The van der Waals surface area contributed by atoms with Crippen molar-refractivity contribution in [3.8, 4) is 5.88 Å². The van der Waals surface area contributed by atoms with Gasteiger partial charge in [-0.3, -0.25) is 0 Å². The maximum absolute atomic E-state index is 10.3. The molecule has 0 atom stereocenters. The molecule has 0 unspecified atom stereocenters. The first-order chi connectivity index (χ1) is 9.15. The minimum absolute atomic E-state index is 0.0511. The van der Waals surface area contributed by atoms with E-state index in [0.29, 0.717) is 5.69 Å². The lowest BCUT2D eigenvalue weighted by atomic mass is 10.2. The molecule has 0 aliphatic carbocycles. The molecule has 0 saturated carbocycles. The highest BCUT2D eigenvalue weighted by Gasteiger charge is 2.15. The van der Waals surface area contributed by atoms with Gasteiger partial charge >= 0.3 is 0 Å². The van der Waals surface area contributed by atoms with E-state index in [-0.39, 0.29) is 11.0 Å². The van der Waals surface area contributed by atoms with Crippen molar-refractivity contribution >= 4 is 33.9 Å². The van der Waals surface area contributed by atoms with Crippen LogP contribution in [0.3, 0.4) is 0 Å². The van der Waals surface area contributed by atoms with E-state index in [9.17, 15) is 5.11 Å². The van der Waals surface area contributed by atoms with E-state index in [4.69, 9.17) is 5.73 Å². The average Bonchev–Trinajstić information content (AvgIpc) is 2.66. The number of fused-ring (bicyclic) bond motifs is 1. The standard InChI is InChI=1S/C13H16N4OS/c1-2-3-8-17-10-7-5-4-6-9(10)11(12(17)18)15-16-13(14)19/h4-7,18H,2-3,8H2,1H3,(H2,14,19). The lowest BCUT2D eigenvalue weighted by molar-refractivity contribution is 0.418. The quantitative estimate of drug-likeness (QED) is 0.663. The summed E-state index contributed by atoms with van der Waals surface area (Å²) in [5.74, 6) is 0.106. The Morgan fingerprint density at radius 2 is 2.16 bits per heavy atom. The van der Waals surface area contributed by atoms with Gasteiger partial charge in [-0.15, -0.1) is 10.2 Å². The number of azo groups is 1. The van der Waals surface area contributed by atoms with Crippen LogP contribution in [0.2, 0.25) is 0 Å². The fourth-order valence-corrected chi connectivity index (χ4v) is 2.05. The second-order valence-corrected chi connectivity index (χ2v) is 4.65. The van der Waals surface area contributed by atoms with E-state index in [2.05, 4.69) is 29.4 Å². The van der Waals surface area contributed by atoms with Crippen molar-refractivity contribution in [3.63, 3.8) is 0 Å². The molecule has 0 aliphatic rings. The van der Waals surface area contributed by atoms with Gasteiger partial charge in [0.05, 0.1) is 5.52 Å². The van der Waals surface area contributed by atoms with Crippen molar-refractivity contribution in [2.24, 2.45) is 16.0 Å². The summed E-state index contributed by atoms with van der Waals surface area (Å²) >= 11 is 4.67. The minimum Gasteiger partial charge on any atom is -0.493 e. The summed E-state index contributed by atoms with van der Waals surface area (Å²) < 4.78 is 1.84. The highest BCUT2D eigenvalue weighted by atomic mass is 32.1. The van der Waals surface area contributed by atoms with E-state index < -0.39 is 0 Å². The Labute approximate surface area is 116 Å². The fourth-order valence-electron chi connectivity index (χ4n) is 2.01. The lowest BCUT2D eigenvalue weighted by Crippen LogP contribution is -2.01. The number of benzene rings is 1. The van der Waals surface area contributed by atoms with Gasteiger partial charge in [0.2, 0.25) is 11.0 Å². The Balaban J connectivity index is 2.56. The number of nitrogens with two attached hydrogens (primary N) is 1. The van der Waals surface area contributed by atoms with Crippen molar-refractivity contribution in [3.05, 3.63) is 24.3 Å². The minimum atomic E-state index is -0.0511. The first-order valence-electron chi connectivity index (χ1n) is 6.16. The molecule has 5 nitrogen and oxygen atoms in total. The van der Waals surface area contributed by atoms with Crippen LogP contribution in [0.1, 0.15) is 19.8 Å². The second kappa shape index (κ2) is 5.79. The smallest absolute Gasteiger partial charge is 0.220 e. The van der Waals surface area contributed by atoms with E-state index in [1.54, 1.807) is 0 Å². The number of hydrogen-bond donors (Lipinski definition) is 2. The third-order valence-corrected chi connectivity index (χ3v) is 2.98. The first kappa shape index (κ1) is 13.5. The highest BCUT2D eigenvalue weighted by molar-refractivity contribution is 7.80. The summed E-state index contributed by atoms with van der Waals surface area (Å²) in [5.41, 5.74) is 6.66. The van der Waals surface area contributed by atoms with Gasteiger partial charge < -0.3 is 15.4 Å². The van der Waals surface area contributed by atoms with Crippen LogP contribution in [-0.4, -0.2) is 14.8 Å². The van der Waals surface area contributed by atoms with Crippen LogP contribution in [0.4, 0.5) is 5.69 Å². The van der Waals surface area contributed by atoms with Crippen molar-refractivity contribution in [2.75, 3.05) is 0 Å². The lowest BCUT2D eigenvalue weighted by Gasteiger charge is -2.05. The maximum atomic E-state index is 10.3. The first-order valence-corrected chi connectivity index (χ1v) is 6.57. The zero-order valence-corrected chi connectivity index (χ0v) is 11.5. The molecule has 3 N–H and O–H groups in total. The van der Waals surface area contributed by atoms with Crippen molar-refractivity contribution in [2.45, 2.75) is 26.3 Å². The van der Waals surface area contributed by atoms with E-state index in [1.165, 1.54) is 0 Å². The number of aryl methyl sites for hydroxylation is 1. The van der Waals surface area contributed by atoms with E-state index in [0.717, 1.165) is 30.3 Å². The molecule has 1 aromatic heterocycles. The maximum Gasteiger partial charge on any atom is 0.220 e. The second-order valence-electron chi connectivity index (χ2n) is 4.23. The van der Waals surface area contributed by atoms with Crippen LogP contribution >= 0.6 is 12.2 Å². The van der Waals surface area contributed by atoms with Gasteiger partial charge in [-0.2, -0.15) is 0 Å². The largest absolute Gasteiger partial charge is 0.493 e. The Hall–Kier alpha value is -1.95. The van der Waals surface area contributed by atoms with Crippen LogP contribution < -0.4 is 5.73 Å². The van der Waals surface area contributed by atoms with Gasteiger partial charge in [0, 0.05) is 11.9 Å². The molecule has 6 heteroatoms. The highest BCUT2D eigenvalue weighted by Crippen LogP contribution is 2.38. The molecule has 1 aromatic carbocycles. The molecule has 0 spiro atoms. The SMILES string of the molecule is CCCCn1c(O)c(N=NC(N)=S)c2ccccc21. The van der Waals surface area contributed by atoms with Crippen molar-refractivity contribution in [1.82, 2.24) is 4.57 Å². The average molecular weight is 276 g/mol. The van der Waals surface area contributed by atoms with Crippen molar-refractivity contribution < 1.29 is 5.11 Å². The molecule has 2 rings (SSSR count). The van der Waals surface area contributed by atoms with Crippen LogP contribution in [0.25, 0.3) is 10.9 Å². The number of para-hydroxylation sites is 1. The van der Waals surface area contributed by atoms with Gasteiger partial charge in [0.1, 0.15) is 0 Å². The molecule has 100 valence electrons.